The van der Waals surface area contributed by atoms with Crippen LogP contribution in [0.25, 0.3) is 0 Å². The third kappa shape index (κ3) is 5.22. The van der Waals surface area contributed by atoms with Crippen LogP contribution in [0.3, 0.4) is 0 Å². The summed E-state index contributed by atoms with van der Waals surface area (Å²) < 4.78 is 12.6. The number of amides is 1. The number of nitrogens with one attached hydrogen (secondary N) is 1. The number of likely N-dealkylation sites (tertiary alicyclic amines) is 1. The van der Waals surface area contributed by atoms with Gasteiger partial charge in [0.2, 0.25) is 5.91 Å². The minimum absolute atomic E-state index is 0.212. The van der Waals surface area contributed by atoms with Crippen LogP contribution >= 0.6 is 0 Å². The van der Waals surface area contributed by atoms with Crippen molar-refractivity contribution in [3.05, 3.63) is 23.7 Å². The second kappa shape index (κ2) is 9.46. The number of hydrogen-bond acceptors (Lipinski definition) is 5. The van der Waals surface area contributed by atoms with E-state index in [1.165, 1.54) is 0 Å². The molecule has 0 bridgehead atoms. The normalized spacial score (nSPS) is 30.2. The van der Waals surface area contributed by atoms with Gasteiger partial charge in [0, 0.05) is 45.6 Å². The van der Waals surface area contributed by atoms with Gasteiger partial charge in [0.25, 0.3) is 0 Å². The van der Waals surface area contributed by atoms with Crippen LogP contribution in [0.4, 0.5) is 4.39 Å². The van der Waals surface area contributed by atoms with Crippen LogP contribution in [-0.2, 0) is 4.79 Å². The minimum Gasteiger partial charge on any atom is -0.376 e. The molecule has 1 unspecified atom stereocenters. The lowest BCUT2D eigenvalue weighted by molar-refractivity contribution is -0.135. The maximum atomic E-state index is 12.6. The minimum atomic E-state index is -0.320. The number of nitrogens with zero attached hydrogens (tertiary/aromatic N) is 3. The quantitative estimate of drug-likeness (QED) is 0.812. The molecule has 138 valence electrons. The summed E-state index contributed by atoms with van der Waals surface area (Å²) in [5.41, 5.74) is 6.66. The average Bonchev–Trinajstić information content (AvgIpc) is 2.89. The fraction of sp³-hybridized carbons (Fsp3) is 0.611. The van der Waals surface area contributed by atoms with E-state index in [1.807, 2.05) is 11.9 Å². The Labute approximate surface area is 148 Å². The summed E-state index contributed by atoms with van der Waals surface area (Å²) in [6.45, 7) is 2.32. The Morgan fingerprint density at radius 3 is 3.00 bits per heavy atom. The largest absolute Gasteiger partial charge is 0.376 e. The van der Waals surface area contributed by atoms with E-state index in [0.29, 0.717) is 37.8 Å². The molecule has 2 aliphatic heterocycles. The first-order chi connectivity index (χ1) is 12.1. The van der Waals surface area contributed by atoms with Gasteiger partial charge in [-0.1, -0.05) is 0 Å². The van der Waals surface area contributed by atoms with Crippen LogP contribution < -0.4 is 11.1 Å². The number of carbonyl (C=O) groups is 1. The van der Waals surface area contributed by atoms with E-state index >= 15 is 0 Å². The van der Waals surface area contributed by atoms with E-state index in [-0.39, 0.29) is 17.9 Å². The first-order valence-electron chi connectivity index (χ1n) is 8.79. The Morgan fingerprint density at radius 1 is 1.48 bits per heavy atom. The lowest BCUT2D eigenvalue weighted by Gasteiger charge is -2.26. The van der Waals surface area contributed by atoms with Crippen molar-refractivity contribution in [2.24, 2.45) is 21.1 Å². The van der Waals surface area contributed by atoms with E-state index in [2.05, 4.69) is 15.3 Å². The van der Waals surface area contributed by atoms with Gasteiger partial charge in [0.05, 0.1) is 18.1 Å². The van der Waals surface area contributed by atoms with Gasteiger partial charge in [-0.3, -0.25) is 9.79 Å². The molecule has 25 heavy (non-hydrogen) atoms. The van der Waals surface area contributed by atoms with Crippen LogP contribution in [0, 0.1) is 5.41 Å². The van der Waals surface area contributed by atoms with E-state index in [1.54, 1.807) is 18.8 Å². The number of rotatable bonds is 4. The molecule has 0 saturated carbocycles. The predicted molar refractivity (Wildman–Crippen MR) is 99.3 cm³/mol. The Kier molecular flexibility index (Phi) is 7.31. The maximum absolute atomic E-state index is 12.6. The summed E-state index contributed by atoms with van der Waals surface area (Å²) in [4.78, 5) is 23.1. The van der Waals surface area contributed by atoms with Crippen LogP contribution in [0.15, 0.2) is 33.7 Å². The van der Waals surface area contributed by atoms with Gasteiger partial charge in [0.1, 0.15) is 0 Å². The maximum Gasteiger partial charge on any atom is 0.228 e. The van der Waals surface area contributed by atoms with Crippen molar-refractivity contribution < 1.29 is 9.18 Å². The number of hydrogen-bond donors (Lipinski definition) is 2. The Bertz CT molecular complexity index is 584. The molecule has 2 aliphatic rings. The first-order valence-corrected chi connectivity index (χ1v) is 8.79. The topological polar surface area (TPSA) is 83.1 Å². The highest BCUT2D eigenvalue weighted by Gasteiger charge is 2.44. The molecule has 1 spiro atoms. The van der Waals surface area contributed by atoms with Gasteiger partial charge in [-0.2, -0.15) is 0 Å². The molecular weight excluding hydrogens is 321 g/mol. The molecule has 0 radical (unpaired) electrons. The number of allylic oxidation sites excluding steroid dienone is 1. The van der Waals surface area contributed by atoms with Crippen molar-refractivity contribution in [1.82, 2.24) is 10.2 Å². The third-order valence-corrected chi connectivity index (χ3v) is 5.01. The van der Waals surface area contributed by atoms with Gasteiger partial charge in [0.15, 0.2) is 0 Å². The Morgan fingerprint density at radius 2 is 2.32 bits per heavy atom. The smallest absolute Gasteiger partial charge is 0.228 e. The summed E-state index contributed by atoms with van der Waals surface area (Å²) in [5, 5.41) is 3.15. The number of carbonyl (C=O) groups excluding carboxylic acids is 1. The van der Waals surface area contributed by atoms with Crippen molar-refractivity contribution in [1.29, 1.82) is 0 Å². The molecule has 0 aromatic rings. The van der Waals surface area contributed by atoms with E-state index in [0.717, 1.165) is 31.4 Å². The summed E-state index contributed by atoms with van der Waals surface area (Å²) >= 11 is 0. The lowest BCUT2D eigenvalue weighted by Crippen LogP contribution is -2.35. The van der Waals surface area contributed by atoms with Gasteiger partial charge < -0.3 is 16.0 Å². The zero-order valence-corrected chi connectivity index (χ0v) is 14.9. The highest BCUT2D eigenvalue weighted by Crippen LogP contribution is 2.38. The van der Waals surface area contributed by atoms with Crippen LogP contribution in [0.1, 0.15) is 32.1 Å². The summed E-state index contributed by atoms with van der Waals surface area (Å²) in [5.74, 6) is 0.218. The molecule has 2 heterocycles. The zero-order chi connectivity index (χ0) is 18.1. The average molecular weight is 349 g/mol. The highest BCUT2D eigenvalue weighted by atomic mass is 19.1. The van der Waals surface area contributed by atoms with Crippen molar-refractivity contribution >= 4 is 18.5 Å². The lowest BCUT2D eigenvalue weighted by atomic mass is 9.79. The second-order valence-electron chi connectivity index (χ2n) is 6.70. The highest BCUT2D eigenvalue weighted by molar-refractivity contribution is 5.84. The summed E-state index contributed by atoms with van der Waals surface area (Å²) in [7, 11) is 1.86. The molecule has 1 atom stereocenters. The molecular formula is C18H28FN5O. The molecule has 0 aromatic heterocycles. The fourth-order valence-corrected chi connectivity index (χ4v) is 3.27. The molecule has 6 nitrogen and oxygen atoms in total. The number of nitrogens with two attached hydrogens (primary N) is 1. The Hall–Kier alpha value is -2.02. The van der Waals surface area contributed by atoms with Crippen LogP contribution in [0.5, 0.6) is 0 Å². The first kappa shape index (κ1) is 19.3. The SMILES string of the molecule is CN1CCC2(CC\N=C/C(CC/C(=C/F)CN)=C\N=C\NCC2)C1=O. The third-order valence-electron chi connectivity index (χ3n) is 5.01. The molecule has 1 amide bonds. The fourth-order valence-electron chi connectivity index (χ4n) is 3.27. The monoisotopic (exact) mass is 349 g/mol. The second-order valence-corrected chi connectivity index (χ2v) is 6.70. The van der Waals surface area contributed by atoms with E-state index < -0.39 is 0 Å². The standard InChI is InChI=1S/C18H28FN5O/c1-24-9-6-18(17(24)25)4-7-21-12-16(3-2-15(10-19)11-20)13-23-14-22-8-5-18/h10,12-14H,2-9,11,20H2,1H3,(H,22,23)/b15-10-,16-13-,21-12-. The van der Waals surface area contributed by atoms with Crippen molar-refractivity contribution in [3.8, 4) is 0 Å². The van der Waals surface area contributed by atoms with Crippen molar-refractivity contribution in [3.63, 3.8) is 0 Å². The molecule has 7 heteroatoms. The summed E-state index contributed by atoms with van der Waals surface area (Å²) in [6.07, 6.45) is 9.30. The van der Waals surface area contributed by atoms with Gasteiger partial charge in [-0.25, -0.2) is 9.38 Å². The number of halogens is 1. The molecule has 3 N–H and O–H groups in total. The molecule has 1 saturated heterocycles. The van der Waals surface area contributed by atoms with Crippen molar-refractivity contribution in [2.75, 3.05) is 33.2 Å². The van der Waals surface area contributed by atoms with Gasteiger partial charge >= 0.3 is 0 Å². The molecule has 2 rings (SSSR count). The predicted octanol–water partition coefficient (Wildman–Crippen LogP) is 1.79. The molecule has 0 aliphatic carbocycles. The number of aliphatic imine (C=N–C) groups is 2. The zero-order valence-electron chi connectivity index (χ0n) is 14.9. The Balaban J connectivity index is 2.04. The molecule has 0 aromatic carbocycles. The molecule has 1 fully saturated rings. The van der Waals surface area contributed by atoms with E-state index in [9.17, 15) is 9.18 Å². The van der Waals surface area contributed by atoms with Crippen molar-refractivity contribution in [2.45, 2.75) is 32.1 Å². The van der Waals surface area contributed by atoms with Crippen LogP contribution in [-0.4, -0.2) is 56.6 Å². The van der Waals surface area contributed by atoms with Crippen LogP contribution in [0.2, 0.25) is 0 Å². The van der Waals surface area contributed by atoms with E-state index in [4.69, 9.17) is 5.73 Å². The van der Waals surface area contributed by atoms with Gasteiger partial charge in [-0.05, 0) is 43.3 Å². The summed E-state index contributed by atoms with van der Waals surface area (Å²) in [6, 6.07) is 0. The van der Waals surface area contributed by atoms with Gasteiger partial charge in [-0.15, -0.1) is 0 Å².